The first-order valence-corrected chi connectivity index (χ1v) is 11.8. The fourth-order valence-electron chi connectivity index (χ4n) is 4.12. The molecule has 31 heavy (non-hydrogen) atoms. The number of amides is 2. The molecule has 10 nitrogen and oxygen atoms in total. The Kier molecular flexibility index (Phi) is 6.09. The summed E-state index contributed by atoms with van der Waals surface area (Å²) in [7, 11) is -4.07. The standard InChI is InChI=1S/C20H28N4O6S/c1-15-11-21(7-9-29-15)19(25)13-23-17-5-3-4-6-18(17)24(31(23,27)28)14-20(26)22-8-10-30-16(2)12-22/h3-6,15-16H,7-14H2,1-2H3. The number of carbonyl (C=O) groups excluding carboxylic acids is 2. The summed E-state index contributed by atoms with van der Waals surface area (Å²) in [6.07, 6.45) is -0.185. The zero-order valence-corrected chi connectivity index (χ0v) is 18.6. The molecule has 3 aliphatic heterocycles. The van der Waals surface area contributed by atoms with E-state index in [0.717, 1.165) is 8.61 Å². The second-order valence-electron chi connectivity index (χ2n) is 8.05. The predicted molar refractivity (Wildman–Crippen MR) is 114 cm³/mol. The fourth-order valence-corrected chi connectivity index (χ4v) is 5.71. The van der Waals surface area contributed by atoms with Crippen LogP contribution in [0.5, 0.6) is 0 Å². The van der Waals surface area contributed by atoms with E-state index in [1.807, 2.05) is 13.8 Å². The summed E-state index contributed by atoms with van der Waals surface area (Å²) in [6, 6.07) is 6.75. The van der Waals surface area contributed by atoms with E-state index < -0.39 is 10.2 Å². The molecule has 4 rings (SSSR count). The molecule has 2 atom stereocenters. The number of morpholine rings is 2. The van der Waals surface area contributed by atoms with Gasteiger partial charge in [0.2, 0.25) is 11.8 Å². The number of benzene rings is 1. The van der Waals surface area contributed by atoms with Gasteiger partial charge in [0.15, 0.2) is 0 Å². The molecule has 0 aliphatic carbocycles. The fraction of sp³-hybridized carbons (Fsp3) is 0.600. The molecule has 11 heteroatoms. The Balaban J connectivity index is 1.54. The van der Waals surface area contributed by atoms with Gasteiger partial charge in [-0.2, -0.15) is 8.42 Å². The number of hydrogen-bond donors (Lipinski definition) is 0. The van der Waals surface area contributed by atoms with Crippen molar-refractivity contribution in [3.8, 4) is 0 Å². The third kappa shape index (κ3) is 4.35. The maximum Gasteiger partial charge on any atom is 0.327 e. The van der Waals surface area contributed by atoms with Crippen LogP contribution in [0.25, 0.3) is 0 Å². The molecule has 0 N–H and O–H groups in total. The predicted octanol–water partition coefficient (Wildman–Crippen LogP) is 0.0524. The van der Waals surface area contributed by atoms with Crippen molar-refractivity contribution in [1.29, 1.82) is 0 Å². The smallest absolute Gasteiger partial charge is 0.327 e. The molecule has 3 heterocycles. The van der Waals surface area contributed by atoms with Gasteiger partial charge in [0.25, 0.3) is 0 Å². The van der Waals surface area contributed by atoms with Crippen LogP contribution in [0, 0.1) is 0 Å². The summed E-state index contributed by atoms with van der Waals surface area (Å²) in [5, 5.41) is 0. The van der Waals surface area contributed by atoms with Crippen molar-refractivity contribution in [2.24, 2.45) is 0 Å². The van der Waals surface area contributed by atoms with E-state index in [2.05, 4.69) is 0 Å². The molecule has 0 spiro atoms. The van der Waals surface area contributed by atoms with Crippen molar-refractivity contribution in [2.75, 3.05) is 61.1 Å². The molecular formula is C20H28N4O6S. The molecular weight excluding hydrogens is 424 g/mol. The molecule has 2 amide bonds. The number of para-hydroxylation sites is 2. The summed E-state index contributed by atoms with van der Waals surface area (Å²) < 4.78 is 39.9. The maximum absolute atomic E-state index is 13.4. The lowest BCUT2D eigenvalue weighted by atomic mass is 10.2. The molecule has 2 unspecified atom stereocenters. The average molecular weight is 453 g/mol. The third-order valence-corrected chi connectivity index (χ3v) is 7.49. The Morgan fingerprint density at radius 3 is 1.68 bits per heavy atom. The van der Waals surface area contributed by atoms with Crippen LogP contribution in [-0.4, -0.2) is 94.7 Å². The Bertz CT molecular complexity index is 886. The van der Waals surface area contributed by atoms with Crippen LogP contribution < -0.4 is 8.61 Å². The third-order valence-electron chi connectivity index (χ3n) is 5.72. The molecule has 170 valence electrons. The van der Waals surface area contributed by atoms with Crippen molar-refractivity contribution in [3.05, 3.63) is 24.3 Å². The van der Waals surface area contributed by atoms with E-state index in [1.165, 1.54) is 0 Å². The second kappa shape index (κ2) is 8.64. The summed E-state index contributed by atoms with van der Waals surface area (Å²) >= 11 is 0. The van der Waals surface area contributed by atoms with E-state index in [1.54, 1.807) is 34.1 Å². The summed E-state index contributed by atoms with van der Waals surface area (Å²) in [4.78, 5) is 29.0. The lowest BCUT2D eigenvalue weighted by Gasteiger charge is -2.33. The highest BCUT2D eigenvalue weighted by molar-refractivity contribution is 7.94. The minimum absolute atomic E-state index is 0.0924. The van der Waals surface area contributed by atoms with Crippen LogP contribution in [0.3, 0.4) is 0 Å². The van der Waals surface area contributed by atoms with E-state index in [9.17, 15) is 18.0 Å². The number of rotatable bonds is 4. The first-order valence-electron chi connectivity index (χ1n) is 10.5. The summed E-state index contributed by atoms with van der Waals surface area (Å²) in [5.74, 6) is -0.576. The highest BCUT2D eigenvalue weighted by Crippen LogP contribution is 2.40. The monoisotopic (exact) mass is 452 g/mol. The van der Waals surface area contributed by atoms with Gasteiger partial charge in [0, 0.05) is 26.2 Å². The van der Waals surface area contributed by atoms with Crippen molar-refractivity contribution in [2.45, 2.75) is 26.1 Å². The van der Waals surface area contributed by atoms with Crippen molar-refractivity contribution in [3.63, 3.8) is 0 Å². The SMILES string of the molecule is CC1CN(C(=O)CN2c3ccccc3N(CC(=O)N3CCOC(C)C3)S2(=O)=O)CCO1. The lowest BCUT2D eigenvalue weighted by molar-refractivity contribution is -0.136. The van der Waals surface area contributed by atoms with Gasteiger partial charge < -0.3 is 19.3 Å². The zero-order valence-electron chi connectivity index (χ0n) is 17.8. The normalized spacial score (nSPS) is 25.5. The van der Waals surface area contributed by atoms with Crippen molar-refractivity contribution in [1.82, 2.24) is 9.80 Å². The molecule has 2 saturated heterocycles. The van der Waals surface area contributed by atoms with Crippen molar-refractivity contribution < 1.29 is 27.5 Å². The molecule has 3 aliphatic rings. The second-order valence-corrected chi connectivity index (χ2v) is 9.83. The first kappa shape index (κ1) is 21.8. The van der Waals surface area contributed by atoms with Crippen LogP contribution in [-0.2, 0) is 29.3 Å². The minimum atomic E-state index is -4.07. The largest absolute Gasteiger partial charge is 0.375 e. The molecule has 1 aromatic rings. The first-order chi connectivity index (χ1) is 14.8. The highest BCUT2D eigenvalue weighted by Gasteiger charge is 2.43. The van der Waals surface area contributed by atoms with Gasteiger partial charge in [-0.15, -0.1) is 0 Å². The molecule has 0 radical (unpaired) electrons. The Hall–Kier alpha value is -2.37. The van der Waals surface area contributed by atoms with Crippen LogP contribution in [0.2, 0.25) is 0 Å². The van der Waals surface area contributed by atoms with Crippen LogP contribution in [0.4, 0.5) is 11.4 Å². The average Bonchev–Trinajstić information content (AvgIpc) is 2.95. The molecule has 0 saturated carbocycles. The number of anilines is 2. The van der Waals surface area contributed by atoms with Gasteiger partial charge in [-0.1, -0.05) is 12.1 Å². The number of hydrogen-bond acceptors (Lipinski definition) is 6. The molecule has 0 aromatic heterocycles. The van der Waals surface area contributed by atoms with Gasteiger partial charge in [0.1, 0.15) is 13.1 Å². The molecule has 2 fully saturated rings. The van der Waals surface area contributed by atoms with Gasteiger partial charge in [-0.05, 0) is 26.0 Å². The van der Waals surface area contributed by atoms with Crippen LogP contribution >= 0.6 is 0 Å². The quantitative estimate of drug-likeness (QED) is 0.640. The number of ether oxygens (including phenoxy) is 2. The summed E-state index contributed by atoms with van der Waals surface area (Å²) in [6.45, 7) is 5.67. The van der Waals surface area contributed by atoms with E-state index in [0.29, 0.717) is 50.8 Å². The zero-order chi connectivity index (χ0) is 22.2. The van der Waals surface area contributed by atoms with Crippen molar-refractivity contribution >= 4 is 33.4 Å². The van der Waals surface area contributed by atoms with E-state index in [4.69, 9.17) is 9.47 Å². The van der Waals surface area contributed by atoms with Gasteiger partial charge in [-0.3, -0.25) is 9.59 Å². The number of fused-ring (bicyclic) bond motifs is 1. The number of nitrogens with zero attached hydrogens (tertiary/aromatic N) is 4. The minimum Gasteiger partial charge on any atom is -0.375 e. The molecule has 0 bridgehead atoms. The lowest BCUT2D eigenvalue weighted by Crippen LogP contribution is -2.52. The maximum atomic E-state index is 13.4. The van der Waals surface area contributed by atoms with Gasteiger partial charge in [-0.25, -0.2) is 8.61 Å². The van der Waals surface area contributed by atoms with Crippen LogP contribution in [0.15, 0.2) is 24.3 Å². The Morgan fingerprint density at radius 2 is 1.29 bits per heavy atom. The summed E-state index contributed by atoms with van der Waals surface area (Å²) in [5.41, 5.74) is 0.806. The number of carbonyl (C=O) groups is 2. The molecule has 1 aromatic carbocycles. The van der Waals surface area contributed by atoms with Gasteiger partial charge >= 0.3 is 10.2 Å². The van der Waals surface area contributed by atoms with Gasteiger partial charge in [0.05, 0.1) is 36.8 Å². The topological polar surface area (TPSA) is 99.7 Å². The highest BCUT2D eigenvalue weighted by atomic mass is 32.2. The van der Waals surface area contributed by atoms with E-state index >= 15 is 0 Å². The van der Waals surface area contributed by atoms with E-state index in [-0.39, 0.29) is 37.1 Å². The Morgan fingerprint density at radius 1 is 0.871 bits per heavy atom. The Labute approximate surface area is 182 Å². The van der Waals surface area contributed by atoms with Crippen LogP contribution in [0.1, 0.15) is 13.8 Å².